The highest BCUT2D eigenvalue weighted by molar-refractivity contribution is 7.89. The van der Waals surface area contributed by atoms with Gasteiger partial charge >= 0.3 is 0 Å². The van der Waals surface area contributed by atoms with Gasteiger partial charge in [-0.3, -0.25) is 0 Å². The highest BCUT2D eigenvalue weighted by Crippen LogP contribution is 2.24. The minimum absolute atomic E-state index is 0.220. The summed E-state index contributed by atoms with van der Waals surface area (Å²) in [6.45, 7) is 7.95. The van der Waals surface area contributed by atoms with Crippen LogP contribution in [0.4, 0.5) is 0 Å². The van der Waals surface area contributed by atoms with Crippen molar-refractivity contribution >= 4 is 10.0 Å². The summed E-state index contributed by atoms with van der Waals surface area (Å²) in [5.41, 5.74) is 0. The van der Waals surface area contributed by atoms with Crippen LogP contribution in [0.3, 0.4) is 0 Å². The van der Waals surface area contributed by atoms with Crippen LogP contribution in [-0.2, 0) is 10.0 Å². The van der Waals surface area contributed by atoms with Crippen molar-refractivity contribution in [1.82, 2.24) is 9.62 Å². The number of sulfonamides is 1. The van der Waals surface area contributed by atoms with E-state index in [-0.39, 0.29) is 11.3 Å². The van der Waals surface area contributed by atoms with Crippen molar-refractivity contribution in [3.05, 3.63) is 0 Å². The Balaban J connectivity index is 2.73. The third-order valence-electron chi connectivity index (χ3n) is 3.56. The van der Waals surface area contributed by atoms with Gasteiger partial charge in [-0.2, -0.15) is 4.31 Å². The molecule has 0 radical (unpaired) electrons. The van der Waals surface area contributed by atoms with Crippen molar-refractivity contribution in [3.8, 4) is 0 Å². The molecule has 1 saturated heterocycles. The van der Waals surface area contributed by atoms with Gasteiger partial charge < -0.3 is 5.32 Å². The topological polar surface area (TPSA) is 49.4 Å². The van der Waals surface area contributed by atoms with Crippen LogP contribution >= 0.6 is 0 Å². The Morgan fingerprint density at radius 1 is 1.35 bits per heavy atom. The summed E-state index contributed by atoms with van der Waals surface area (Å²) in [5.74, 6) is 0. The first-order valence-electron chi connectivity index (χ1n) is 6.75. The Labute approximate surface area is 106 Å². The van der Waals surface area contributed by atoms with E-state index in [9.17, 15) is 8.42 Å². The maximum Gasteiger partial charge on any atom is 0.218 e. The fourth-order valence-electron chi connectivity index (χ4n) is 2.40. The molecule has 0 aromatic carbocycles. The fraction of sp³-hybridized carbons (Fsp3) is 1.00. The largest absolute Gasteiger partial charge is 0.316 e. The van der Waals surface area contributed by atoms with Gasteiger partial charge in [0.1, 0.15) is 0 Å². The number of hydrogen-bond acceptors (Lipinski definition) is 3. The van der Waals surface area contributed by atoms with Gasteiger partial charge in [-0.05, 0) is 32.7 Å². The van der Waals surface area contributed by atoms with Crippen LogP contribution in [0.2, 0.25) is 0 Å². The molecule has 1 aliphatic rings. The first-order chi connectivity index (χ1) is 8.04. The standard InChI is InChI=1S/C12H26N2O2S/c1-4-12-8-6-7-9-14(12)17(15,16)11(3)10-13-5-2/h11-13H,4-10H2,1-3H3. The molecule has 1 heterocycles. The molecule has 17 heavy (non-hydrogen) atoms. The minimum Gasteiger partial charge on any atom is -0.316 e. The average Bonchev–Trinajstić information content (AvgIpc) is 2.35. The number of nitrogens with one attached hydrogen (secondary N) is 1. The molecule has 1 N–H and O–H groups in total. The molecule has 0 bridgehead atoms. The van der Waals surface area contributed by atoms with E-state index >= 15 is 0 Å². The molecule has 1 rings (SSSR count). The zero-order chi connectivity index (χ0) is 12.9. The van der Waals surface area contributed by atoms with E-state index in [0.29, 0.717) is 13.1 Å². The molecule has 0 aromatic rings. The Bertz CT molecular complexity index is 316. The van der Waals surface area contributed by atoms with Crippen molar-refractivity contribution in [2.24, 2.45) is 0 Å². The molecule has 4 nitrogen and oxygen atoms in total. The Morgan fingerprint density at radius 3 is 2.65 bits per heavy atom. The smallest absolute Gasteiger partial charge is 0.218 e. The van der Waals surface area contributed by atoms with Gasteiger partial charge in [-0.1, -0.05) is 20.3 Å². The fourth-order valence-corrected chi connectivity index (χ4v) is 4.25. The zero-order valence-corrected chi connectivity index (χ0v) is 12.1. The predicted molar refractivity (Wildman–Crippen MR) is 71.6 cm³/mol. The summed E-state index contributed by atoms with van der Waals surface area (Å²) < 4.78 is 26.6. The summed E-state index contributed by atoms with van der Waals surface area (Å²) in [6, 6.07) is 0.220. The summed E-state index contributed by atoms with van der Waals surface area (Å²) >= 11 is 0. The summed E-state index contributed by atoms with van der Waals surface area (Å²) in [5, 5.41) is 2.80. The summed E-state index contributed by atoms with van der Waals surface area (Å²) in [6.07, 6.45) is 4.10. The lowest BCUT2D eigenvalue weighted by molar-refractivity contribution is 0.244. The normalized spacial score (nSPS) is 24.8. The molecule has 1 fully saturated rings. The van der Waals surface area contributed by atoms with Crippen molar-refractivity contribution in [2.45, 2.75) is 57.7 Å². The molecule has 0 aromatic heterocycles. The van der Waals surface area contributed by atoms with Gasteiger partial charge in [0.15, 0.2) is 0 Å². The molecule has 2 atom stereocenters. The molecule has 0 amide bonds. The maximum absolute atomic E-state index is 12.4. The zero-order valence-electron chi connectivity index (χ0n) is 11.3. The monoisotopic (exact) mass is 262 g/mol. The highest BCUT2D eigenvalue weighted by atomic mass is 32.2. The molecular weight excluding hydrogens is 236 g/mol. The van der Waals surface area contributed by atoms with E-state index in [1.54, 1.807) is 11.2 Å². The van der Waals surface area contributed by atoms with Crippen LogP contribution < -0.4 is 5.32 Å². The first kappa shape index (κ1) is 14.9. The average molecular weight is 262 g/mol. The molecule has 5 heteroatoms. The van der Waals surface area contributed by atoms with Crippen LogP contribution in [-0.4, -0.2) is 43.6 Å². The van der Waals surface area contributed by atoms with Crippen molar-refractivity contribution in [1.29, 1.82) is 0 Å². The number of rotatable bonds is 6. The SMILES string of the molecule is CCNCC(C)S(=O)(=O)N1CCCCC1CC. The quantitative estimate of drug-likeness (QED) is 0.790. The van der Waals surface area contributed by atoms with Gasteiger partial charge in [-0.25, -0.2) is 8.42 Å². The van der Waals surface area contributed by atoms with E-state index in [4.69, 9.17) is 0 Å². The van der Waals surface area contributed by atoms with E-state index in [1.165, 1.54) is 0 Å². The van der Waals surface area contributed by atoms with Crippen molar-refractivity contribution in [3.63, 3.8) is 0 Å². The van der Waals surface area contributed by atoms with Gasteiger partial charge in [0.25, 0.3) is 0 Å². The minimum atomic E-state index is -3.12. The van der Waals surface area contributed by atoms with Crippen LogP contribution in [0.15, 0.2) is 0 Å². The predicted octanol–water partition coefficient (Wildman–Crippen LogP) is 1.58. The number of hydrogen-bond donors (Lipinski definition) is 1. The lowest BCUT2D eigenvalue weighted by atomic mass is 10.0. The van der Waals surface area contributed by atoms with Crippen LogP contribution in [0.25, 0.3) is 0 Å². The molecule has 0 spiro atoms. The lowest BCUT2D eigenvalue weighted by Gasteiger charge is -2.36. The van der Waals surface area contributed by atoms with E-state index < -0.39 is 10.0 Å². The molecule has 2 unspecified atom stereocenters. The second kappa shape index (κ2) is 6.71. The Morgan fingerprint density at radius 2 is 2.06 bits per heavy atom. The number of nitrogens with zero attached hydrogens (tertiary/aromatic N) is 1. The van der Waals surface area contributed by atoms with Gasteiger partial charge in [0.2, 0.25) is 10.0 Å². The maximum atomic E-state index is 12.4. The highest BCUT2D eigenvalue weighted by Gasteiger charge is 2.34. The second-order valence-electron chi connectivity index (χ2n) is 4.83. The van der Waals surface area contributed by atoms with Crippen LogP contribution in [0, 0.1) is 0 Å². The van der Waals surface area contributed by atoms with E-state index in [1.807, 2.05) is 6.92 Å². The Kier molecular flexibility index (Phi) is 5.89. The molecule has 102 valence electrons. The van der Waals surface area contributed by atoms with Crippen molar-refractivity contribution < 1.29 is 8.42 Å². The summed E-state index contributed by atoms with van der Waals surface area (Å²) in [7, 11) is -3.12. The first-order valence-corrected chi connectivity index (χ1v) is 8.25. The molecular formula is C12H26N2O2S. The van der Waals surface area contributed by atoms with E-state index in [0.717, 1.165) is 32.2 Å². The molecule has 0 saturated carbocycles. The van der Waals surface area contributed by atoms with Gasteiger partial charge in [-0.15, -0.1) is 0 Å². The second-order valence-corrected chi connectivity index (χ2v) is 7.14. The third-order valence-corrected chi connectivity index (χ3v) is 5.88. The third kappa shape index (κ3) is 3.66. The van der Waals surface area contributed by atoms with Crippen molar-refractivity contribution in [2.75, 3.05) is 19.6 Å². The van der Waals surface area contributed by atoms with E-state index in [2.05, 4.69) is 12.2 Å². The Hall–Kier alpha value is -0.130. The summed E-state index contributed by atoms with van der Waals surface area (Å²) in [4.78, 5) is 0. The van der Waals surface area contributed by atoms with Gasteiger partial charge in [0, 0.05) is 19.1 Å². The lowest BCUT2D eigenvalue weighted by Crippen LogP contribution is -2.48. The molecule has 1 aliphatic heterocycles. The van der Waals surface area contributed by atoms with Crippen LogP contribution in [0.1, 0.15) is 46.5 Å². The molecule has 0 aliphatic carbocycles. The van der Waals surface area contributed by atoms with Crippen LogP contribution in [0.5, 0.6) is 0 Å². The van der Waals surface area contributed by atoms with Gasteiger partial charge in [0.05, 0.1) is 5.25 Å². The number of piperidine rings is 1.